The molecule has 3 rings (SSSR count). The zero-order chi connectivity index (χ0) is 7.24. The van der Waals surface area contributed by atoms with E-state index in [9.17, 15) is 0 Å². The van der Waals surface area contributed by atoms with Crippen molar-refractivity contribution in [1.82, 2.24) is 5.32 Å². The Morgan fingerprint density at radius 2 is 2.20 bits per heavy atom. The van der Waals surface area contributed by atoms with Gasteiger partial charge in [-0.1, -0.05) is 6.92 Å². The van der Waals surface area contributed by atoms with Crippen LogP contribution in [0.3, 0.4) is 0 Å². The number of piperidine rings is 1. The zero-order valence-corrected chi connectivity index (χ0v) is 7.55. The lowest BCUT2D eigenvalue weighted by atomic mass is 9.86. The lowest BCUT2D eigenvalue weighted by Gasteiger charge is -2.58. The second-order valence-corrected chi connectivity index (χ2v) is 5.92. The minimum Gasteiger partial charge on any atom is -0.314 e. The fourth-order valence-electron chi connectivity index (χ4n) is 2.27. The Bertz CT molecular complexity index is 149. The van der Waals surface area contributed by atoms with Gasteiger partial charge < -0.3 is 5.32 Å². The van der Waals surface area contributed by atoms with Crippen LogP contribution in [0, 0.1) is 0 Å². The van der Waals surface area contributed by atoms with E-state index in [1.807, 2.05) is 0 Å². The van der Waals surface area contributed by atoms with E-state index in [1.54, 1.807) is 0 Å². The van der Waals surface area contributed by atoms with Crippen LogP contribution in [0.4, 0.5) is 0 Å². The van der Waals surface area contributed by atoms with Crippen LogP contribution in [0.25, 0.3) is 0 Å². The molecule has 3 aliphatic rings. The lowest BCUT2D eigenvalue weighted by Crippen LogP contribution is -2.64. The van der Waals surface area contributed by atoms with E-state index in [4.69, 9.17) is 0 Å². The molecule has 3 heterocycles. The van der Waals surface area contributed by atoms with Crippen molar-refractivity contribution in [3.8, 4) is 0 Å². The van der Waals surface area contributed by atoms with Crippen molar-refractivity contribution < 1.29 is 0 Å². The molecular weight excluding hydrogens is 142 g/mol. The Morgan fingerprint density at radius 3 is 2.60 bits per heavy atom. The minimum absolute atomic E-state index is 0.592. The Kier molecular flexibility index (Phi) is 1.34. The molecule has 0 saturated carbocycles. The maximum Gasteiger partial charge on any atom is 0.0301 e. The molecule has 58 valence electrons. The van der Waals surface area contributed by atoms with Gasteiger partial charge in [0, 0.05) is 22.6 Å². The van der Waals surface area contributed by atoms with Gasteiger partial charge in [0.05, 0.1) is 0 Å². The number of nitrogens with one attached hydrogen (secondary N) is 1. The van der Waals surface area contributed by atoms with Gasteiger partial charge in [0.25, 0.3) is 0 Å². The highest BCUT2D eigenvalue weighted by molar-refractivity contribution is 8.03. The van der Waals surface area contributed by atoms with Crippen molar-refractivity contribution in [3.05, 3.63) is 0 Å². The van der Waals surface area contributed by atoms with Crippen molar-refractivity contribution in [3.63, 3.8) is 0 Å². The van der Waals surface area contributed by atoms with E-state index < -0.39 is 0 Å². The van der Waals surface area contributed by atoms with E-state index in [1.165, 1.54) is 25.9 Å². The highest BCUT2D eigenvalue weighted by atomic mass is 32.2. The molecule has 3 saturated heterocycles. The molecule has 0 radical (unpaired) electrons. The normalized spacial score (nSPS) is 52.2. The van der Waals surface area contributed by atoms with Crippen LogP contribution in [0.15, 0.2) is 0 Å². The molecule has 0 amide bonds. The summed E-state index contributed by atoms with van der Waals surface area (Å²) in [4.78, 5) is 0. The Balaban J connectivity index is 2.08. The standard InChI is InChI=1S/C8H15NS/c1-3-8-4-7(2,10-8)5-9-6-8/h9H,3-6H2,1-2H3. The maximum atomic E-state index is 3.50. The Morgan fingerprint density at radius 1 is 1.50 bits per heavy atom. The first-order chi connectivity index (χ1) is 4.68. The summed E-state index contributed by atoms with van der Waals surface area (Å²) in [6, 6.07) is 0. The lowest BCUT2D eigenvalue weighted by molar-refractivity contribution is 0.306. The molecular formula is C8H15NS. The second kappa shape index (κ2) is 1.92. The van der Waals surface area contributed by atoms with Crippen molar-refractivity contribution in [2.75, 3.05) is 13.1 Å². The summed E-state index contributed by atoms with van der Waals surface area (Å²) < 4.78 is 1.22. The van der Waals surface area contributed by atoms with Gasteiger partial charge in [-0.2, -0.15) is 0 Å². The van der Waals surface area contributed by atoms with Gasteiger partial charge >= 0.3 is 0 Å². The Hall–Kier alpha value is 0.310. The number of hydrogen-bond donors (Lipinski definition) is 1. The van der Waals surface area contributed by atoms with Crippen LogP contribution in [-0.2, 0) is 0 Å². The topological polar surface area (TPSA) is 12.0 Å². The molecule has 1 nitrogen and oxygen atoms in total. The molecule has 3 aliphatic heterocycles. The molecule has 10 heavy (non-hydrogen) atoms. The molecule has 0 spiro atoms. The molecule has 2 unspecified atom stereocenters. The van der Waals surface area contributed by atoms with E-state index in [0.29, 0.717) is 9.49 Å². The fraction of sp³-hybridized carbons (Fsp3) is 1.00. The number of fused-ring (bicyclic) bond motifs is 2. The molecule has 0 aromatic carbocycles. The van der Waals surface area contributed by atoms with Gasteiger partial charge in [0.1, 0.15) is 0 Å². The van der Waals surface area contributed by atoms with E-state index >= 15 is 0 Å². The molecule has 3 fully saturated rings. The largest absolute Gasteiger partial charge is 0.314 e. The van der Waals surface area contributed by atoms with Crippen LogP contribution >= 0.6 is 11.8 Å². The zero-order valence-electron chi connectivity index (χ0n) is 6.74. The van der Waals surface area contributed by atoms with Crippen LogP contribution in [0.5, 0.6) is 0 Å². The number of rotatable bonds is 1. The van der Waals surface area contributed by atoms with Gasteiger partial charge in [-0.25, -0.2) is 0 Å². The third kappa shape index (κ3) is 0.817. The van der Waals surface area contributed by atoms with Crippen molar-refractivity contribution >= 4 is 11.8 Å². The SMILES string of the molecule is CCC12CNCC(C)(C1)S2. The van der Waals surface area contributed by atoms with Gasteiger partial charge in [-0.05, 0) is 19.8 Å². The molecule has 2 bridgehead atoms. The second-order valence-electron chi connectivity index (χ2n) is 3.87. The van der Waals surface area contributed by atoms with E-state index in [-0.39, 0.29) is 0 Å². The maximum absolute atomic E-state index is 3.50. The summed E-state index contributed by atoms with van der Waals surface area (Å²) in [6.45, 7) is 7.14. The first-order valence-electron chi connectivity index (χ1n) is 4.09. The molecule has 0 aliphatic carbocycles. The predicted molar refractivity (Wildman–Crippen MR) is 46.5 cm³/mol. The fourth-order valence-corrected chi connectivity index (χ4v) is 4.30. The molecule has 0 aromatic rings. The van der Waals surface area contributed by atoms with Crippen LogP contribution in [-0.4, -0.2) is 22.6 Å². The summed E-state index contributed by atoms with van der Waals surface area (Å²) in [6.07, 6.45) is 2.77. The average molecular weight is 157 g/mol. The first-order valence-corrected chi connectivity index (χ1v) is 4.91. The third-order valence-electron chi connectivity index (χ3n) is 2.75. The predicted octanol–water partition coefficient (Wildman–Crippen LogP) is 1.63. The summed E-state index contributed by atoms with van der Waals surface area (Å²) >= 11 is 2.20. The Labute approximate surface area is 67.0 Å². The highest BCUT2D eigenvalue weighted by Crippen LogP contribution is 2.58. The number of thioether (sulfide) groups is 1. The summed E-state index contributed by atoms with van der Waals surface area (Å²) in [5.41, 5.74) is 0. The van der Waals surface area contributed by atoms with Gasteiger partial charge in [-0.3, -0.25) is 0 Å². The quantitative estimate of drug-likeness (QED) is 0.621. The van der Waals surface area contributed by atoms with Crippen LogP contribution in [0.2, 0.25) is 0 Å². The van der Waals surface area contributed by atoms with Crippen LogP contribution < -0.4 is 5.32 Å². The first kappa shape index (κ1) is 6.99. The number of hydrogen-bond acceptors (Lipinski definition) is 2. The monoisotopic (exact) mass is 157 g/mol. The summed E-state index contributed by atoms with van der Waals surface area (Å²) in [7, 11) is 0. The minimum atomic E-state index is 0.592. The molecule has 2 heteroatoms. The van der Waals surface area contributed by atoms with Crippen molar-refractivity contribution in [2.24, 2.45) is 0 Å². The summed E-state index contributed by atoms with van der Waals surface area (Å²) in [5.74, 6) is 0. The molecule has 2 atom stereocenters. The van der Waals surface area contributed by atoms with Gasteiger partial charge in [-0.15, -0.1) is 11.8 Å². The average Bonchev–Trinajstić information content (AvgIpc) is 1.86. The van der Waals surface area contributed by atoms with Gasteiger partial charge in [0.2, 0.25) is 0 Å². The van der Waals surface area contributed by atoms with E-state index in [2.05, 4.69) is 30.9 Å². The third-order valence-corrected chi connectivity index (χ3v) is 4.54. The van der Waals surface area contributed by atoms with Crippen molar-refractivity contribution in [1.29, 1.82) is 0 Å². The highest BCUT2D eigenvalue weighted by Gasteiger charge is 2.54. The van der Waals surface area contributed by atoms with Gasteiger partial charge in [0.15, 0.2) is 0 Å². The van der Waals surface area contributed by atoms with E-state index in [0.717, 1.165) is 0 Å². The van der Waals surface area contributed by atoms with Crippen LogP contribution in [0.1, 0.15) is 26.7 Å². The molecule has 1 N–H and O–H groups in total. The molecule has 0 aromatic heterocycles. The van der Waals surface area contributed by atoms with Crippen molar-refractivity contribution in [2.45, 2.75) is 36.2 Å². The summed E-state index contributed by atoms with van der Waals surface area (Å²) in [5, 5.41) is 3.50. The smallest absolute Gasteiger partial charge is 0.0301 e.